The molecule has 1 unspecified atom stereocenters. The number of carbonyl (C=O) groups is 3. The van der Waals surface area contributed by atoms with E-state index in [1.54, 1.807) is 11.8 Å². The van der Waals surface area contributed by atoms with Gasteiger partial charge in [0, 0.05) is 36.9 Å². The topological polar surface area (TPSA) is 95.9 Å². The summed E-state index contributed by atoms with van der Waals surface area (Å²) in [7, 11) is 0. The summed E-state index contributed by atoms with van der Waals surface area (Å²) in [6, 6.07) is 15.7. The van der Waals surface area contributed by atoms with Gasteiger partial charge >= 0.3 is 12.1 Å². The van der Waals surface area contributed by atoms with Crippen molar-refractivity contribution in [2.75, 3.05) is 31.2 Å². The Balaban J connectivity index is 1.15. The number of hydrogen-bond acceptors (Lipinski definition) is 5. The minimum absolute atomic E-state index is 0.0342. The number of hydrogen-bond donors (Lipinski definition) is 2. The molecule has 1 heterocycles. The van der Waals surface area contributed by atoms with E-state index in [9.17, 15) is 19.5 Å². The van der Waals surface area contributed by atoms with Crippen molar-refractivity contribution in [3.63, 3.8) is 0 Å². The number of ether oxygens (including phenoxy) is 1. The van der Waals surface area contributed by atoms with Gasteiger partial charge in [-0.25, -0.2) is 9.59 Å². The Bertz CT molecular complexity index is 998. The van der Waals surface area contributed by atoms with Gasteiger partial charge in [-0.1, -0.05) is 55.0 Å². The predicted octanol–water partition coefficient (Wildman–Crippen LogP) is 4.11. The molecule has 0 radical (unpaired) electrons. The van der Waals surface area contributed by atoms with Crippen molar-refractivity contribution in [2.24, 2.45) is 0 Å². The molecule has 1 aliphatic heterocycles. The van der Waals surface area contributed by atoms with Gasteiger partial charge in [-0.05, 0) is 35.1 Å². The molecule has 2 aromatic carbocycles. The Morgan fingerprint density at radius 2 is 1.68 bits per heavy atom. The third-order valence-electron chi connectivity index (χ3n) is 6.41. The number of alkyl carbamates (subject to hydrolysis) is 1. The average Bonchev–Trinajstić information content (AvgIpc) is 3.18. The van der Waals surface area contributed by atoms with Crippen LogP contribution in [-0.2, 0) is 14.3 Å². The first kappa shape index (κ1) is 24.1. The van der Waals surface area contributed by atoms with Crippen molar-refractivity contribution in [2.45, 2.75) is 37.6 Å². The molecule has 4 rings (SSSR count). The fraction of sp³-hybridized carbons (Fsp3) is 0.423. The molecule has 180 valence electrons. The molecule has 8 heteroatoms. The molecule has 2 N–H and O–H groups in total. The summed E-state index contributed by atoms with van der Waals surface area (Å²) >= 11 is 1.57. The lowest BCUT2D eigenvalue weighted by atomic mass is 9.98. The van der Waals surface area contributed by atoms with E-state index >= 15 is 0 Å². The van der Waals surface area contributed by atoms with Crippen LogP contribution in [0.5, 0.6) is 0 Å². The fourth-order valence-corrected chi connectivity index (χ4v) is 5.71. The van der Waals surface area contributed by atoms with Crippen molar-refractivity contribution in [3.8, 4) is 11.1 Å². The Labute approximate surface area is 203 Å². The second-order valence-corrected chi connectivity index (χ2v) is 9.73. The third-order valence-corrected chi connectivity index (χ3v) is 7.44. The molecular weight excluding hydrogens is 452 g/mol. The maximum atomic E-state index is 12.4. The van der Waals surface area contributed by atoms with Gasteiger partial charge in [0.15, 0.2) is 0 Å². The lowest BCUT2D eigenvalue weighted by Gasteiger charge is -2.32. The molecule has 0 aromatic heterocycles. The zero-order valence-corrected chi connectivity index (χ0v) is 19.9. The summed E-state index contributed by atoms with van der Waals surface area (Å²) < 4.78 is 5.53. The highest BCUT2D eigenvalue weighted by molar-refractivity contribution is 7.99. The van der Waals surface area contributed by atoms with E-state index in [4.69, 9.17) is 4.74 Å². The van der Waals surface area contributed by atoms with Crippen LogP contribution >= 0.6 is 11.8 Å². The monoisotopic (exact) mass is 482 g/mol. The molecular formula is C26H30N2O5S. The van der Waals surface area contributed by atoms with Crippen LogP contribution in [0, 0.1) is 0 Å². The summed E-state index contributed by atoms with van der Waals surface area (Å²) in [5.74, 6) is 0.224. The van der Waals surface area contributed by atoms with Crippen molar-refractivity contribution >= 4 is 29.7 Å². The van der Waals surface area contributed by atoms with Crippen LogP contribution in [0.3, 0.4) is 0 Å². The number of benzene rings is 2. The van der Waals surface area contributed by atoms with Crippen LogP contribution in [0.25, 0.3) is 11.1 Å². The number of carbonyl (C=O) groups excluding carboxylic acids is 2. The van der Waals surface area contributed by atoms with Crippen LogP contribution in [0.4, 0.5) is 4.79 Å². The van der Waals surface area contributed by atoms with E-state index in [1.165, 1.54) is 27.2 Å². The lowest BCUT2D eigenvalue weighted by Crippen LogP contribution is -2.50. The number of unbranched alkanes of at least 4 members (excludes halogenated alkanes) is 2. The summed E-state index contributed by atoms with van der Waals surface area (Å²) in [4.78, 5) is 37.5. The second-order valence-electron chi connectivity index (χ2n) is 8.58. The van der Waals surface area contributed by atoms with Gasteiger partial charge in [-0.3, -0.25) is 4.79 Å². The van der Waals surface area contributed by atoms with E-state index in [2.05, 4.69) is 29.6 Å². The first-order valence-electron chi connectivity index (χ1n) is 11.7. The van der Waals surface area contributed by atoms with E-state index in [0.29, 0.717) is 31.7 Å². The largest absolute Gasteiger partial charge is 0.480 e. The minimum Gasteiger partial charge on any atom is -0.480 e. The number of carboxylic acids is 1. The van der Waals surface area contributed by atoms with E-state index in [0.717, 1.165) is 18.6 Å². The Hall–Kier alpha value is -3.00. The quantitative estimate of drug-likeness (QED) is 0.522. The van der Waals surface area contributed by atoms with Gasteiger partial charge in [-0.15, -0.1) is 0 Å². The Morgan fingerprint density at radius 1 is 1.00 bits per heavy atom. The van der Waals surface area contributed by atoms with Gasteiger partial charge < -0.3 is 20.1 Å². The lowest BCUT2D eigenvalue weighted by molar-refractivity contribution is -0.149. The molecule has 0 spiro atoms. The summed E-state index contributed by atoms with van der Waals surface area (Å²) in [5.41, 5.74) is 4.75. The summed E-state index contributed by atoms with van der Waals surface area (Å²) in [6.07, 6.45) is 2.07. The maximum Gasteiger partial charge on any atom is 0.407 e. The first-order valence-corrected chi connectivity index (χ1v) is 12.9. The summed E-state index contributed by atoms with van der Waals surface area (Å²) in [6.45, 7) is 1.25. The zero-order valence-electron chi connectivity index (χ0n) is 19.1. The molecule has 1 fully saturated rings. The Kier molecular flexibility index (Phi) is 8.11. The highest BCUT2D eigenvalue weighted by Crippen LogP contribution is 2.44. The van der Waals surface area contributed by atoms with Crippen LogP contribution < -0.4 is 5.32 Å². The van der Waals surface area contributed by atoms with Crippen LogP contribution in [-0.4, -0.2) is 65.2 Å². The van der Waals surface area contributed by atoms with Gasteiger partial charge in [-0.2, -0.15) is 11.8 Å². The first-order chi connectivity index (χ1) is 16.6. The Morgan fingerprint density at radius 3 is 2.35 bits per heavy atom. The second kappa shape index (κ2) is 11.4. The molecule has 1 saturated heterocycles. The van der Waals surface area contributed by atoms with Gasteiger partial charge in [0.2, 0.25) is 5.91 Å². The predicted molar refractivity (Wildman–Crippen MR) is 132 cm³/mol. The van der Waals surface area contributed by atoms with Crippen LogP contribution in [0.1, 0.15) is 42.7 Å². The zero-order chi connectivity index (χ0) is 23.9. The molecule has 2 aliphatic rings. The number of nitrogens with one attached hydrogen (secondary N) is 1. The number of thioether (sulfide) groups is 1. The van der Waals surface area contributed by atoms with Crippen molar-refractivity contribution in [3.05, 3.63) is 59.7 Å². The van der Waals surface area contributed by atoms with Crippen LogP contribution in [0.15, 0.2) is 48.5 Å². The number of carboxylic acid groups (broad SMARTS) is 1. The number of aliphatic carboxylic acids is 1. The number of nitrogens with zero attached hydrogens (tertiary/aromatic N) is 1. The normalized spacial score (nSPS) is 17.1. The van der Waals surface area contributed by atoms with E-state index in [-0.39, 0.29) is 18.4 Å². The van der Waals surface area contributed by atoms with Crippen molar-refractivity contribution < 1.29 is 24.2 Å². The summed E-state index contributed by atoms with van der Waals surface area (Å²) in [5, 5.41) is 12.1. The molecule has 1 atom stereocenters. The molecule has 0 saturated carbocycles. The van der Waals surface area contributed by atoms with Gasteiger partial charge in [0.1, 0.15) is 12.6 Å². The van der Waals surface area contributed by atoms with Gasteiger partial charge in [0.05, 0.1) is 0 Å². The average molecular weight is 483 g/mol. The molecule has 7 nitrogen and oxygen atoms in total. The van der Waals surface area contributed by atoms with E-state index < -0.39 is 18.1 Å². The van der Waals surface area contributed by atoms with Crippen molar-refractivity contribution in [1.29, 1.82) is 0 Å². The smallest absolute Gasteiger partial charge is 0.407 e. The standard InChI is InChI=1S/C26H30N2O5S/c29-24(28-14-15-34-17-23(28)25(30)31)12-2-1-7-13-27-26(32)33-16-22-20-10-5-3-8-18(20)19-9-4-6-11-21(19)22/h3-6,8-11,22-23H,1-2,7,12-17H2,(H,27,32)(H,30,31). The number of amides is 2. The van der Waals surface area contributed by atoms with Gasteiger partial charge in [0.25, 0.3) is 0 Å². The molecule has 34 heavy (non-hydrogen) atoms. The van der Waals surface area contributed by atoms with Crippen LogP contribution in [0.2, 0.25) is 0 Å². The highest BCUT2D eigenvalue weighted by atomic mass is 32.2. The molecule has 1 aliphatic carbocycles. The highest BCUT2D eigenvalue weighted by Gasteiger charge is 2.32. The number of rotatable bonds is 9. The molecule has 0 bridgehead atoms. The number of fused-ring (bicyclic) bond motifs is 3. The third kappa shape index (κ3) is 5.55. The maximum absolute atomic E-state index is 12.4. The SMILES string of the molecule is O=C(NCCCCCC(=O)N1CCSCC1C(=O)O)OCC1c2ccccc2-c2ccccc21. The minimum atomic E-state index is -0.937. The van der Waals surface area contributed by atoms with E-state index in [1.807, 2.05) is 24.3 Å². The fourth-order valence-electron chi connectivity index (χ4n) is 4.67. The molecule has 2 amide bonds. The molecule has 2 aromatic rings. The van der Waals surface area contributed by atoms with Crippen molar-refractivity contribution in [1.82, 2.24) is 10.2 Å².